The van der Waals surface area contributed by atoms with Crippen molar-refractivity contribution in [2.75, 3.05) is 18.1 Å². The predicted octanol–water partition coefficient (Wildman–Crippen LogP) is 3.15. The van der Waals surface area contributed by atoms with Gasteiger partial charge in [-0.1, -0.05) is 13.3 Å². The van der Waals surface area contributed by atoms with Gasteiger partial charge in [0.05, 0.1) is 0 Å². The van der Waals surface area contributed by atoms with Crippen molar-refractivity contribution in [3.8, 4) is 0 Å². The molecule has 0 aromatic rings. The van der Waals surface area contributed by atoms with E-state index in [0.717, 1.165) is 16.5 Å². The van der Waals surface area contributed by atoms with E-state index in [2.05, 4.69) is 35.8 Å². The van der Waals surface area contributed by atoms with Crippen LogP contribution in [0.5, 0.6) is 0 Å². The maximum Gasteiger partial charge on any atom is 0.0184 e. The average molecular weight is 245 g/mol. The molecule has 0 aliphatic carbocycles. The number of hydrogen-bond acceptors (Lipinski definition) is 3. The van der Waals surface area contributed by atoms with E-state index in [1.165, 1.54) is 50.2 Å². The maximum atomic E-state index is 3.80. The minimum Gasteiger partial charge on any atom is -0.312 e. The second-order valence-corrected chi connectivity index (χ2v) is 7.61. The minimum atomic E-state index is 0.784. The third-order valence-corrected chi connectivity index (χ3v) is 6.27. The van der Waals surface area contributed by atoms with Crippen molar-refractivity contribution < 1.29 is 0 Å². The van der Waals surface area contributed by atoms with Gasteiger partial charge in [-0.05, 0) is 37.2 Å². The van der Waals surface area contributed by atoms with E-state index in [9.17, 15) is 0 Å². The molecule has 1 N–H and O–H groups in total. The molecule has 2 fully saturated rings. The molecule has 0 radical (unpaired) electrons. The average Bonchev–Trinajstić information content (AvgIpc) is 2.29. The van der Waals surface area contributed by atoms with Crippen LogP contribution in [0, 0.1) is 0 Å². The van der Waals surface area contributed by atoms with Crippen LogP contribution in [0.25, 0.3) is 0 Å². The van der Waals surface area contributed by atoms with Crippen molar-refractivity contribution >= 4 is 23.5 Å². The fourth-order valence-electron chi connectivity index (χ4n) is 2.44. The molecule has 2 aliphatic heterocycles. The lowest BCUT2D eigenvalue weighted by atomic mass is 10.1. The molecule has 0 saturated carbocycles. The summed E-state index contributed by atoms with van der Waals surface area (Å²) in [5.41, 5.74) is 0. The van der Waals surface area contributed by atoms with Gasteiger partial charge in [-0.3, -0.25) is 0 Å². The van der Waals surface area contributed by atoms with E-state index in [1.54, 1.807) is 0 Å². The third-order valence-electron chi connectivity index (χ3n) is 3.49. The van der Waals surface area contributed by atoms with Gasteiger partial charge in [0.15, 0.2) is 0 Å². The highest BCUT2D eigenvalue weighted by molar-refractivity contribution is 8.00. The summed E-state index contributed by atoms with van der Waals surface area (Å²) in [6.45, 7) is 3.63. The van der Waals surface area contributed by atoms with Gasteiger partial charge in [-0.15, -0.1) is 0 Å². The molecule has 0 aromatic carbocycles. The van der Waals surface area contributed by atoms with Crippen LogP contribution in [0.15, 0.2) is 0 Å². The monoisotopic (exact) mass is 245 g/mol. The molecule has 3 unspecified atom stereocenters. The second-order valence-electron chi connectivity index (χ2n) is 4.72. The van der Waals surface area contributed by atoms with Gasteiger partial charge in [0, 0.05) is 23.1 Å². The van der Waals surface area contributed by atoms with Crippen molar-refractivity contribution in [2.24, 2.45) is 0 Å². The van der Waals surface area contributed by atoms with Crippen molar-refractivity contribution in [3.63, 3.8) is 0 Å². The number of thioether (sulfide) groups is 2. The Morgan fingerprint density at radius 3 is 2.67 bits per heavy atom. The number of nitrogens with one attached hydrogen (secondary N) is 1. The highest BCUT2D eigenvalue weighted by atomic mass is 32.2. The van der Waals surface area contributed by atoms with Crippen molar-refractivity contribution in [1.82, 2.24) is 5.32 Å². The molecule has 2 aliphatic rings. The molecule has 2 rings (SSSR count). The minimum absolute atomic E-state index is 0.784. The zero-order valence-corrected chi connectivity index (χ0v) is 11.3. The Morgan fingerprint density at radius 1 is 1.07 bits per heavy atom. The molecule has 0 amide bonds. The molecule has 88 valence electrons. The van der Waals surface area contributed by atoms with E-state index >= 15 is 0 Å². The highest BCUT2D eigenvalue weighted by Gasteiger charge is 2.22. The Morgan fingerprint density at radius 2 is 1.93 bits per heavy atom. The maximum absolute atomic E-state index is 3.80. The fraction of sp³-hybridized carbons (Fsp3) is 1.00. The van der Waals surface area contributed by atoms with Gasteiger partial charge in [0.2, 0.25) is 0 Å². The molecule has 2 saturated heterocycles. The quantitative estimate of drug-likeness (QED) is 0.820. The summed E-state index contributed by atoms with van der Waals surface area (Å²) in [4.78, 5) is 0. The molecule has 0 aromatic heterocycles. The Labute approximate surface area is 103 Å². The zero-order chi connectivity index (χ0) is 10.5. The first-order chi connectivity index (χ1) is 7.36. The van der Waals surface area contributed by atoms with Crippen LogP contribution in [0.1, 0.15) is 39.0 Å². The lowest BCUT2D eigenvalue weighted by Gasteiger charge is -2.31. The van der Waals surface area contributed by atoms with Gasteiger partial charge in [0.1, 0.15) is 0 Å². The molecule has 15 heavy (non-hydrogen) atoms. The van der Waals surface area contributed by atoms with Crippen LogP contribution in [0.4, 0.5) is 0 Å². The number of hydrogen-bond donors (Lipinski definition) is 1. The topological polar surface area (TPSA) is 12.0 Å². The van der Waals surface area contributed by atoms with Crippen LogP contribution in [-0.2, 0) is 0 Å². The molecule has 1 nitrogen and oxygen atoms in total. The van der Waals surface area contributed by atoms with Crippen molar-refractivity contribution in [1.29, 1.82) is 0 Å². The molecule has 2 heterocycles. The third kappa shape index (κ3) is 3.86. The van der Waals surface area contributed by atoms with E-state index in [1.807, 2.05) is 0 Å². The summed E-state index contributed by atoms with van der Waals surface area (Å²) < 4.78 is 0. The Kier molecular flexibility index (Phi) is 5.18. The molecular weight excluding hydrogens is 222 g/mol. The van der Waals surface area contributed by atoms with Crippen LogP contribution < -0.4 is 5.32 Å². The first-order valence-corrected chi connectivity index (χ1v) is 8.42. The van der Waals surface area contributed by atoms with Gasteiger partial charge in [-0.2, -0.15) is 23.5 Å². The summed E-state index contributed by atoms with van der Waals surface area (Å²) in [6, 6.07) is 0.784. The van der Waals surface area contributed by atoms with Crippen LogP contribution >= 0.6 is 23.5 Å². The smallest absolute Gasteiger partial charge is 0.0184 e. The molecular formula is C12H23NS2. The summed E-state index contributed by atoms with van der Waals surface area (Å²) in [7, 11) is 0. The molecule has 3 atom stereocenters. The number of rotatable bonds is 3. The first-order valence-electron chi connectivity index (χ1n) is 6.33. The van der Waals surface area contributed by atoms with Crippen LogP contribution in [0.3, 0.4) is 0 Å². The first kappa shape index (κ1) is 12.1. The summed E-state index contributed by atoms with van der Waals surface area (Å²) in [5, 5.41) is 5.53. The summed E-state index contributed by atoms with van der Waals surface area (Å²) in [6.07, 6.45) is 7.13. The van der Waals surface area contributed by atoms with Gasteiger partial charge in [-0.25, -0.2) is 0 Å². The van der Waals surface area contributed by atoms with E-state index in [0.29, 0.717) is 0 Å². The molecule has 0 spiro atoms. The van der Waals surface area contributed by atoms with E-state index < -0.39 is 0 Å². The lowest BCUT2D eigenvalue weighted by molar-refractivity contribution is 0.454. The van der Waals surface area contributed by atoms with Gasteiger partial charge < -0.3 is 5.32 Å². The van der Waals surface area contributed by atoms with Crippen LogP contribution in [0.2, 0.25) is 0 Å². The Balaban J connectivity index is 1.67. The molecule has 0 bridgehead atoms. The largest absolute Gasteiger partial charge is 0.312 e. The second kappa shape index (κ2) is 6.41. The van der Waals surface area contributed by atoms with Gasteiger partial charge >= 0.3 is 0 Å². The summed E-state index contributed by atoms with van der Waals surface area (Å²) in [5.74, 6) is 2.76. The molecule has 3 heteroatoms. The zero-order valence-electron chi connectivity index (χ0n) is 9.71. The normalized spacial score (nSPS) is 37.8. The SMILES string of the molecule is CC1SCCCC1NCC1CCCCS1. The Hall–Kier alpha value is 0.660. The predicted molar refractivity (Wildman–Crippen MR) is 73.0 cm³/mol. The fourth-order valence-corrected chi connectivity index (χ4v) is 4.86. The standard InChI is InChI=1S/C12H23NS2/c1-10-12(6-4-8-14-10)13-9-11-5-2-3-7-15-11/h10-13H,2-9H2,1H3. The van der Waals surface area contributed by atoms with Gasteiger partial charge in [0.25, 0.3) is 0 Å². The Bertz CT molecular complexity index is 180. The van der Waals surface area contributed by atoms with E-state index in [4.69, 9.17) is 0 Å². The highest BCUT2D eigenvalue weighted by Crippen LogP contribution is 2.27. The van der Waals surface area contributed by atoms with Crippen LogP contribution in [-0.4, -0.2) is 34.6 Å². The van der Waals surface area contributed by atoms with Crippen molar-refractivity contribution in [3.05, 3.63) is 0 Å². The lowest BCUT2D eigenvalue weighted by Crippen LogP contribution is -2.42. The van der Waals surface area contributed by atoms with Crippen molar-refractivity contribution in [2.45, 2.75) is 55.6 Å². The summed E-state index contributed by atoms with van der Waals surface area (Å²) >= 11 is 4.33. The van der Waals surface area contributed by atoms with E-state index in [-0.39, 0.29) is 0 Å².